The molecule has 4 saturated carbocycles. The van der Waals surface area contributed by atoms with Crippen LogP contribution < -0.4 is 4.74 Å². The summed E-state index contributed by atoms with van der Waals surface area (Å²) in [7, 11) is 0. The molecule has 2 nitrogen and oxygen atoms in total. The van der Waals surface area contributed by atoms with E-state index in [0.717, 1.165) is 24.2 Å². The van der Waals surface area contributed by atoms with Crippen LogP contribution in [0.15, 0.2) is 0 Å². The summed E-state index contributed by atoms with van der Waals surface area (Å²) < 4.78 is 72.6. The third-order valence-electron chi connectivity index (χ3n) is 11.5. The Morgan fingerprint density at radius 3 is 2.16 bits per heavy atom. The average Bonchev–Trinajstić information content (AvgIpc) is 3.24. The fraction of sp³-hybridized carbons (Fsp3) is 0.767. The minimum Gasteiger partial charge on any atom is -0.420 e. The number of fused-ring (bicyclic) bond motifs is 5. The van der Waals surface area contributed by atoms with Crippen LogP contribution in [0.1, 0.15) is 97.8 Å². The summed E-state index contributed by atoms with van der Waals surface area (Å²) in [6.07, 6.45) is 13.3. The third kappa shape index (κ3) is 4.30. The lowest BCUT2D eigenvalue weighted by atomic mass is 9.44. The zero-order valence-corrected chi connectivity index (χ0v) is 22.2. The second-order valence-electron chi connectivity index (χ2n) is 13.0. The van der Waals surface area contributed by atoms with Crippen molar-refractivity contribution in [3.05, 3.63) is 29.1 Å². The minimum atomic E-state index is -2.27. The van der Waals surface area contributed by atoms with Gasteiger partial charge in [0.2, 0.25) is 34.8 Å². The number of carbonyl (C=O) groups is 1. The van der Waals surface area contributed by atoms with Gasteiger partial charge >= 0.3 is 5.97 Å². The standard InChI is InChI=1S/C30H39F5O2/c1-16(7-12-22(36)37-28-26(34)24(32)23(31)25(33)27(28)35)19-10-11-20-18-9-8-17-6-4-5-14-29(17,2)21(18)13-15-30(19,20)3/h16-21H,4-15H2,1-3H3/t16-,17+,18+,19-,20+,21+,29+,30-/m1/s1. The van der Waals surface area contributed by atoms with E-state index in [-0.39, 0.29) is 17.8 Å². The molecule has 0 unspecified atom stereocenters. The van der Waals surface area contributed by atoms with Crippen molar-refractivity contribution >= 4 is 5.97 Å². The lowest BCUT2D eigenvalue weighted by Gasteiger charge is -2.61. The molecule has 37 heavy (non-hydrogen) atoms. The highest BCUT2D eigenvalue weighted by Crippen LogP contribution is 2.68. The monoisotopic (exact) mass is 526 g/mol. The fourth-order valence-corrected chi connectivity index (χ4v) is 9.66. The van der Waals surface area contributed by atoms with Crippen molar-refractivity contribution in [2.45, 2.75) is 97.8 Å². The molecule has 0 amide bonds. The number of benzene rings is 1. The molecular weight excluding hydrogens is 487 g/mol. The first-order chi connectivity index (χ1) is 17.5. The summed E-state index contributed by atoms with van der Waals surface area (Å²) in [5, 5.41) is 0. The molecule has 0 bridgehead atoms. The van der Waals surface area contributed by atoms with E-state index >= 15 is 0 Å². The first kappa shape index (κ1) is 26.9. The molecule has 0 radical (unpaired) electrons. The van der Waals surface area contributed by atoms with Crippen molar-refractivity contribution in [1.29, 1.82) is 0 Å². The number of hydrogen-bond acceptors (Lipinski definition) is 2. The van der Waals surface area contributed by atoms with Gasteiger partial charge in [0.05, 0.1) is 0 Å². The molecule has 5 rings (SSSR count). The van der Waals surface area contributed by atoms with Crippen LogP contribution in [-0.2, 0) is 4.79 Å². The van der Waals surface area contributed by atoms with Gasteiger partial charge in [0.15, 0.2) is 0 Å². The fourth-order valence-electron chi connectivity index (χ4n) is 9.66. The second kappa shape index (κ2) is 9.82. The van der Waals surface area contributed by atoms with Crippen LogP contribution >= 0.6 is 0 Å². The first-order valence-corrected chi connectivity index (χ1v) is 14.2. The quantitative estimate of drug-likeness (QED) is 0.126. The van der Waals surface area contributed by atoms with Crippen molar-refractivity contribution in [1.82, 2.24) is 0 Å². The summed E-state index contributed by atoms with van der Waals surface area (Å²) in [6.45, 7) is 7.13. The molecular formula is C30H39F5O2. The molecule has 4 aliphatic carbocycles. The van der Waals surface area contributed by atoms with Gasteiger partial charge in [-0.15, -0.1) is 0 Å². The second-order valence-corrected chi connectivity index (χ2v) is 13.0. The van der Waals surface area contributed by atoms with Gasteiger partial charge in [-0.1, -0.05) is 33.6 Å². The molecule has 0 N–H and O–H groups in total. The third-order valence-corrected chi connectivity index (χ3v) is 11.5. The van der Waals surface area contributed by atoms with E-state index in [1.807, 2.05) is 0 Å². The summed E-state index contributed by atoms with van der Waals surface area (Å²) in [5.41, 5.74) is 0.698. The Hall–Kier alpha value is -1.66. The van der Waals surface area contributed by atoms with Gasteiger partial charge in [-0.2, -0.15) is 8.78 Å². The Labute approximate surface area is 216 Å². The molecule has 206 valence electrons. The van der Waals surface area contributed by atoms with Gasteiger partial charge in [-0.05, 0) is 104 Å². The minimum absolute atomic E-state index is 0.135. The number of ether oxygens (including phenoxy) is 1. The van der Waals surface area contributed by atoms with Gasteiger partial charge in [0.1, 0.15) is 0 Å². The van der Waals surface area contributed by atoms with Crippen molar-refractivity contribution in [2.75, 3.05) is 0 Å². The number of carbonyl (C=O) groups excluding carboxylic acids is 1. The summed E-state index contributed by atoms with van der Waals surface area (Å²) in [6, 6.07) is 0. The van der Waals surface area contributed by atoms with E-state index < -0.39 is 40.8 Å². The Balaban J connectivity index is 1.23. The molecule has 0 spiro atoms. The van der Waals surface area contributed by atoms with Gasteiger partial charge in [-0.3, -0.25) is 4.79 Å². The first-order valence-electron chi connectivity index (χ1n) is 14.2. The van der Waals surface area contributed by atoms with Crippen LogP contribution in [-0.4, -0.2) is 5.97 Å². The van der Waals surface area contributed by atoms with Crippen LogP contribution in [0.2, 0.25) is 0 Å². The Morgan fingerprint density at radius 1 is 0.811 bits per heavy atom. The van der Waals surface area contributed by atoms with Gasteiger partial charge in [-0.25, -0.2) is 13.2 Å². The lowest BCUT2D eigenvalue weighted by molar-refractivity contribution is -0.135. The molecule has 0 aromatic heterocycles. The Bertz CT molecular complexity index is 1030. The molecule has 4 aliphatic rings. The average molecular weight is 527 g/mol. The van der Waals surface area contributed by atoms with Crippen LogP contribution in [0.5, 0.6) is 5.75 Å². The number of halogens is 5. The Kier molecular flexibility index (Phi) is 7.15. The molecule has 0 saturated heterocycles. The van der Waals surface area contributed by atoms with Crippen molar-refractivity contribution in [2.24, 2.45) is 46.3 Å². The summed E-state index contributed by atoms with van der Waals surface area (Å²) >= 11 is 0. The maximum atomic E-state index is 13.9. The van der Waals surface area contributed by atoms with E-state index in [1.165, 1.54) is 57.8 Å². The van der Waals surface area contributed by atoms with E-state index in [0.29, 0.717) is 23.7 Å². The molecule has 4 fully saturated rings. The molecule has 1 aromatic rings. The highest BCUT2D eigenvalue weighted by atomic mass is 19.2. The van der Waals surface area contributed by atoms with Gasteiger partial charge in [0.25, 0.3) is 0 Å². The zero-order chi connectivity index (χ0) is 26.7. The van der Waals surface area contributed by atoms with Crippen molar-refractivity contribution < 1.29 is 31.5 Å². The highest BCUT2D eigenvalue weighted by Gasteiger charge is 2.60. The van der Waals surface area contributed by atoms with E-state index in [4.69, 9.17) is 0 Å². The summed E-state index contributed by atoms with van der Waals surface area (Å²) in [5.74, 6) is -9.46. The zero-order valence-electron chi connectivity index (χ0n) is 22.2. The van der Waals surface area contributed by atoms with Crippen LogP contribution in [0.4, 0.5) is 22.0 Å². The molecule has 1 aromatic carbocycles. The molecule has 7 heteroatoms. The topological polar surface area (TPSA) is 26.3 Å². The Morgan fingerprint density at radius 2 is 1.46 bits per heavy atom. The van der Waals surface area contributed by atoms with Crippen molar-refractivity contribution in [3.8, 4) is 5.75 Å². The van der Waals surface area contributed by atoms with E-state index in [2.05, 4.69) is 25.5 Å². The maximum Gasteiger partial charge on any atom is 0.311 e. The van der Waals surface area contributed by atoms with Gasteiger partial charge < -0.3 is 4.74 Å². The number of esters is 1. The van der Waals surface area contributed by atoms with E-state index in [1.54, 1.807) is 0 Å². The SMILES string of the molecule is C[C@H](CCC(=O)Oc1c(F)c(F)c(F)c(F)c1F)[C@H]1CC[C@H]2[C@@H]3CC[C@@H]4CCCC[C@]4(C)[C@H]3CC[C@]12C. The highest BCUT2D eigenvalue weighted by molar-refractivity contribution is 5.72. The molecule has 8 atom stereocenters. The smallest absolute Gasteiger partial charge is 0.311 e. The normalized spacial score (nSPS) is 37.9. The maximum absolute atomic E-state index is 13.9. The van der Waals surface area contributed by atoms with Crippen LogP contribution in [0.3, 0.4) is 0 Å². The number of hydrogen-bond donors (Lipinski definition) is 0. The number of rotatable bonds is 5. The van der Waals surface area contributed by atoms with Gasteiger partial charge in [0, 0.05) is 6.42 Å². The predicted molar refractivity (Wildman–Crippen MR) is 130 cm³/mol. The van der Waals surface area contributed by atoms with Crippen molar-refractivity contribution in [3.63, 3.8) is 0 Å². The predicted octanol–water partition coefficient (Wildman–Crippen LogP) is 8.75. The van der Waals surface area contributed by atoms with E-state index in [9.17, 15) is 26.7 Å². The molecule has 0 aliphatic heterocycles. The van der Waals surface area contributed by atoms with Crippen LogP contribution in [0, 0.1) is 75.4 Å². The largest absolute Gasteiger partial charge is 0.420 e. The summed E-state index contributed by atoms with van der Waals surface area (Å²) in [4.78, 5) is 12.4. The molecule has 0 heterocycles. The lowest BCUT2D eigenvalue weighted by Crippen LogP contribution is -2.53. The van der Waals surface area contributed by atoms with Crippen LogP contribution in [0.25, 0.3) is 0 Å².